The normalized spacial score (nSPS) is 25.1. The van der Waals surface area contributed by atoms with Crippen LogP contribution in [0.1, 0.15) is 33.0 Å². The summed E-state index contributed by atoms with van der Waals surface area (Å²) in [7, 11) is 0. The zero-order chi connectivity index (χ0) is 20.3. The maximum Gasteiger partial charge on any atom is 0.345 e. The fraction of sp³-hybridized carbons (Fsp3) is 0.286. The van der Waals surface area contributed by atoms with Gasteiger partial charge in [0.05, 0.1) is 6.10 Å². The fourth-order valence-electron chi connectivity index (χ4n) is 3.46. The van der Waals surface area contributed by atoms with Gasteiger partial charge >= 0.3 is 5.97 Å². The molecule has 1 aromatic heterocycles. The van der Waals surface area contributed by atoms with Crippen LogP contribution in [0.3, 0.4) is 0 Å². The first-order valence-corrected chi connectivity index (χ1v) is 10.8. The van der Waals surface area contributed by atoms with Gasteiger partial charge in [0.2, 0.25) is 0 Å². The van der Waals surface area contributed by atoms with Crippen LogP contribution in [0.2, 0.25) is 10.0 Å². The maximum atomic E-state index is 11.0. The molecule has 2 aromatic rings. The standard InChI is InChI=1S/C21H19Cl3O3S/c22-13-8-12(9-14(23)10-13)4-6-17-16(18(24)11-19(17)25)3-1-2-15-5-7-20(28-15)21(26)27/h1-2,4-10,16-19,25H,3,11H2,(H,26,27)/b2-1+,6-4+/t16-,17-,18-,19?/m1/s1. The Morgan fingerprint density at radius 1 is 1.18 bits per heavy atom. The van der Waals surface area contributed by atoms with Crippen LogP contribution in [-0.4, -0.2) is 27.7 Å². The van der Waals surface area contributed by atoms with Gasteiger partial charge in [-0.05, 0) is 60.7 Å². The predicted molar refractivity (Wildman–Crippen MR) is 118 cm³/mol. The summed E-state index contributed by atoms with van der Waals surface area (Å²) in [5.74, 6) is -0.920. The smallest absolute Gasteiger partial charge is 0.345 e. The minimum Gasteiger partial charge on any atom is -0.477 e. The lowest BCUT2D eigenvalue weighted by atomic mass is 9.90. The topological polar surface area (TPSA) is 57.5 Å². The SMILES string of the molecule is O=C(O)c1ccc(/C=C/C[C@H]2[C@H](Cl)CC(O)[C@@H]2/C=C/c2cc(Cl)cc(Cl)c2)s1. The van der Waals surface area contributed by atoms with Gasteiger partial charge in [-0.2, -0.15) is 0 Å². The summed E-state index contributed by atoms with van der Waals surface area (Å²) < 4.78 is 0. The molecule has 4 atom stereocenters. The number of carboxylic acids is 1. The number of benzene rings is 1. The largest absolute Gasteiger partial charge is 0.477 e. The van der Waals surface area contributed by atoms with E-state index in [-0.39, 0.29) is 17.2 Å². The second-order valence-corrected chi connectivity index (χ2v) is 9.32. The molecule has 1 heterocycles. The van der Waals surface area contributed by atoms with E-state index in [0.29, 0.717) is 27.8 Å². The summed E-state index contributed by atoms with van der Waals surface area (Å²) in [5, 5.41) is 20.4. The Hall–Kier alpha value is -1.30. The van der Waals surface area contributed by atoms with Crippen molar-refractivity contribution in [1.82, 2.24) is 0 Å². The van der Waals surface area contributed by atoms with Crippen LogP contribution < -0.4 is 0 Å². The molecule has 3 nitrogen and oxygen atoms in total. The average Bonchev–Trinajstić information content (AvgIpc) is 3.18. The predicted octanol–water partition coefficient (Wildman–Crippen LogP) is 6.47. The third-order valence-corrected chi connectivity index (χ3v) is 6.77. The number of hydrogen-bond donors (Lipinski definition) is 2. The molecule has 0 spiro atoms. The monoisotopic (exact) mass is 456 g/mol. The number of carboxylic acid groups (broad SMARTS) is 1. The van der Waals surface area contributed by atoms with Gasteiger partial charge in [0.25, 0.3) is 0 Å². The van der Waals surface area contributed by atoms with E-state index in [9.17, 15) is 9.90 Å². The number of hydrogen-bond acceptors (Lipinski definition) is 3. The maximum absolute atomic E-state index is 11.0. The first kappa shape index (κ1) is 21.4. The highest BCUT2D eigenvalue weighted by atomic mass is 35.5. The number of alkyl halides is 1. The molecular weight excluding hydrogens is 439 g/mol. The first-order chi connectivity index (χ1) is 13.3. The highest BCUT2D eigenvalue weighted by Crippen LogP contribution is 2.40. The van der Waals surface area contributed by atoms with Gasteiger partial charge in [-0.3, -0.25) is 0 Å². The van der Waals surface area contributed by atoms with Crippen LogP contribution >= 0.6 is 46.1 Å². The second-order valence-electron chi connectivity index (χ2n) is 6.77. The summed E-state index contributed by atoms with van der Waals surface area (Å²) in [4.78, 5) is 12.2. The summed E-state index contributed by atoms with van der Waals surface area (Å²) >= 11 is 19.8. The first-order valence-electron chi connectivity index (χ1n) is 8.79. The number of aliphatic hydroxyl groups excluding tert-OH is 1. The Bertz CT molecular complexity index is 886. The lowest BCUT2D eigenvalue weighted by molar-refractivity contribution is 0.0702. The van der Waals surface area contributed by atoms with Crippen LogP contribution in [0.15, 0.2) is 42.5 Å². The van der Waals surface area contributed by atoms with Crippen molar-refractivity contribution < 1.29 is 15.0 Å². The van der Waals surface area contributed by atoms with E-state index in [0.717, 1.165) is 10.4 Å². The van der Waals surface area contributed by atoms with Crippen LogP contribution in [0, 0.1) is 11.8 Å². The van der Waals surface area contributed by atoms with Gasteiger partial charge in [-0.1, -0.05) is 41.4 Å². The Labute approximate surface area is 182 Å². The molecule has 2 N–H and O–H groups in total. The molecule has 1 aliphatic carbocycles. The molecule has 0 aliphatic heterocycles. The van der Waals surface area contributed by atoms with E-state index in [1.807, 2.05) is 36.4 Å². The van der Waals surface area contributed by atoms with Crippen molar-refractivity contribution in [3.8, 4) is 0 Å². The quantitative estimate of drug-likeness (QED) is 0.488. The van der Waals surface area contributed by atoms with Gasteiger partial charge in [0, 0.05) is 26.2 Å². The molecule has 1 aliphatic rings. The number of aliphatic hydroxyl groups is 1. The van der Waals surface area contributed by atoms with Crippen molar-refractivity contribution >= 4 is 64.3 Å². The van der Waals surface area contributed by atoms with Gasteiger partial charge in [-0.25, -0.2) is 4.79 Å². The lowest BCUT2D eigenvalue weighted by Gasteiger charge is -2.19. The van der Waals surface area contributed by atoms with Crippen molar-refractivity contribution in [3.05, 3.63) is 67.8 Å². The Morgan fingerprint density at radius 3 is 2.54 bits per heavy atom. The molecule has 1 unspecified atom stereocenters. The van der Waals surface area contributed by atoms with Crippen LogP contribution in [0.4, 0.5) is 0 Å². The zero-order valence-electron chi connectivity index (χ0n) is 14.8. The molecule has 3 rings (SSSR count). The van der Waals surface area contributed by atoms with Crippen molar-refractivity contribution in [3.63, 3.8) is 0 Å². The van der Waals surface area contributed by atoms with Crippen molar-refractivity contribution in [2.24, 2.45) is 11.8 Å². The average molecular weight is 458 g/mol. The third-order valence-electron chi connectivity index (χ3n) is 4.79. The number of carbonyl (C=O) groups is 1. The molecule has 0 radical (unpaired) electrons. The Kier molecular flexibility index (Phi) is 7.24. The highest BCUT2D eigenvalue weighted by molar-refractivity contribution is 7.14. The van der Waals surface area contributed by atoms with E-state index in [1.165, 1.54) is 11.3 Å². The van der Waals surface area contributed by atoms with E-state index < -0.39 is 12.1 Å². The molecule has 1 fully saturated rings. The summed E-state index contributed by atoms with van der Waals surface area (Å²) in [6.45, 7) is 0. The van der Waals surface area contributed by atoms with Gasteiger partial charge in [0.15, 0.2) is 0 Å². The summed E-state index contributed by atoms with van der Waals surface area (Å²) in [5.41, 5.74) is 0.872. The Balaban J connectivity index is 1.70. The molecule has 0 amide bonds. The highest BCUT2D eigenvalue weighted by Gasteiger charge is 2.39. The van der Waals surface area contributed by atoms with Crippen LogP contribution in [-0.2, 0) is 0 Å². The lowest BCUT2D eigenvalue weighted by Crippen LogP contribution is -2.18. The van der Waals surface area contributed by atoms with E-state index in [4.69, 9.17) is 39.9 Å². The fourth-order valence-corrected chi connectivity index (χ4v) is 5.23. The van der Waals surface area contributed by atoms with Gasteiger partial charge in [-0.15, -0.1) is 22.9 Å². The second kappa shape index (κ2) is 9.47. The minimum atomic E-state index is -0.921. The molecule has 1 aromatic carbocycles. The van der Waals surface area contributed by atoms with E-state index >= 15 is 0 Å². The van der Waals surface area contributed by atoms with Crippen molar-refractivity contribution in [1.29, 1.82) is 0 Å². The molecule has 0 bridgehead atoms. The molecule has 148 valence electrons. The van der Waals surface area contributed by atoms with Gasteiger partial charge < -0.3 is 10.2 Å². The minimum absolute atomic E-state index is 0.0807. The van der Waals surface area contributed by atoms with Crippen molar-refractivity contribution in [2.45, 2.75) is 24.3 Å². The van der Waals surface area contributed by atoms with E-state index in [1.54, 1.807) is 18.2 Å². The zero-order valence-corrected chi connectivity index (χ0v) is 17.8. The number of thiophene rings is 1. The summed E-state index contributed by atoms with van der Waals surface area (Å²) in [6.07, 6.45) is 8.50. The number of halogens is 3. The summed E-state index contributed by atoms with van der Waals surface area (Å²) in [6, 6.07) is 8.68. The number of aromatic carboxylic acids is 1. The van der Waals surface area contributed by atoms with Crippen LogP contribution in [0.25, 0.3) is 12.2 Å². The Morgan fingerprint density at radius 2 is 1.89 bits per heavy atom. The molecular formula is C21H19Cl3O3S. The molecule has 28 heavy (non-hydrogen) atoms. The molecule has 7 heteroatoms. The molecule has 0 saturated heterocycles. The van der Waals surface area contributed by atoms with Crippen molar-refractivity contribution in [2.75, 3.05) is 0 Å². The number of allylic oxidation sites excluding steroid dienone is 1. The molecule has 1 saturated carbocycles. The third kappa shape index (κ3) is 5.40. The van der Waals surface area contributed by atoms with Gasteiger partial charge in [0.1, 0.15) is 4.88 Å². The van der Waals surface area contributed by atoms with E-state index in [2.05, 4.69) is 0 Å². The van der Waals surface area contributed by atoms with Crippen LogP contribution in [0.5, 0.6) is 0 Å². The number of rotatable bonds is 6.